The van der Waals surface area contributed by atoms with E-state index in [9.17, 15) is 14.7 Å². The Morgan fingerprint density at radius 2 is 1.93 bits per heavy atom. The van der Waals surface area contributed by atoms with Crippen molar-refractivity contribution < 1.29 is 19.4 Å². The van der Waals surface area contributed by atoms with Crippen molar-refractivity contribution in [2.24, 2.45) is 0 Å². The minimum absolute atomic E-state index is 0.0575. The number of hydrogen-bond acceptors (Lipinski definition) is 4. The van der Waals surface area contributed by atoms with Gasteiger partial charge in [0.25, 0.3) is 0 Å². The molecular weight excluding hydrogens is 370 g/mol. The van der Waals surface area contributed by atoms with E-state index < -0.39 is 12.1 Å². The highest BCUT2D eigenvalue weighted by Crippen LogP contribution is 2.21. The van der Waals surface area contributed by atoms with Crippen LogP contribution in [0.25, 0.3) is 5.69 Å². The zero-order valence-electron chi connectivity index (χ0n) is 15.5. The average Bonchev–Trinajstić information content (AvgIpc) is 2.90. The normalized spacial score (nSPS) is 19.9. The SMILES string of the molecule is Cc1nn(-c2ccc(Cl)cc2)c(C)c1CC(=O)N1CC(C(=O)O)O[C@H](C)C1. The van der Waals surface area contributed by atoms with Crippen molar-refractivity contribution in [1.82, 2.24) is 14.7 Å². The smallest absolute Gasteiger partial charge is 0.334 e. The Morgan fingerprint density at radius 3 is 2.56 bits per heavy atom. The van der Waals surface area contributed by atoms with Gasteiger partial charge >= 0.3 is 5.97 Å². The molecule has 0 saturated carbocycles. The predicted molar refractivity (Wildman–Crippen MR) is 100 cm³/mol. The van der Waals surface area contributed by atoms with E-state index in [4.69, 9.17) is 16.3 Å². The number of aliphatic carboxylic acids is 1. The third-order valence-corrected chi connectivity index (χ3v) is 4.98. The summed E-state index contributed by atoms with van der Waals surface area (Å²) >= 11 is 5.94. The van der Waals surface area contributed by atoms with Crippen molar-refractivity contribution in [3.05, 3.63) is 46.2 Å². The summed E-state index contributed by atoms with van der Waals surface area (Å²) in [6, 6.07) is 7.32. The van der Waals surface area contributed by atoms with Crippen LogP contribution in [-0.2, 0) is 20.7 Å². The molecule has 1 fully saturated rings. The second kappa shape index (κ2) is 7.70. The number of carboxylic acid groups (broad SMARTS) is 1. The Hall–Kier alpha value is -2.38. The number of aromatic nitrogens is 2. The Kier molecular flexibility index (Phi) is 5.53. The molecule has 3 rings (SSSR count). The highest BCUT2D eigenvalue weighted by Gasteiger charge is 2.33. The topological polar surface area (TPSA) is 84.7 Å². The van der Waals surface area contributed by atoms with E-state index in [-0.39, 0.29) is 25.0 Å². The Balaban J connectivity index is 1.80. The van der Waals surface area contributed by atoms with Crippen LogP contribution in [0.5, 0.6) is 0 Å². The molecule has 1 amide bonds. The van der Waals surface area contributed by atoms with Crippen LogP contribution >= 0.6 is 11.6 Å². The summed E-state index contributed by atoms with van der Waals surface area (Å²) in [5, 5.41) is 14.4. The number of benzene rings is 1. The van der Waals surface area contributed by atoms with E-state index >= 15 is 0 Å². The zero-order chi connectivity index (χ0) is 19.7. The molecule has 2 aromatic rings. The summed E-state index contributed by atoms with van der Waals surface area (Å²) in [6.45, 7) is 5.99. The first-order chi connectivity index (χ1) is 12.8. The quantitative estimate of drug-likeness (QED) is 0.865. The number of morpholine rings is 1. The van der Waals surface area contributed by atoms with Gasteiger partial charge in [0.2, 0.25) is 5.91 Å². The molecule has 1 aromatic heterocycles. The zero-order valence-corrected chi connectivity index (χ0v) is 16.2. The van der Waals surface area contributed by atoms with Crippen LogP contribution in [0.2, 0.25) is 5.02 Å². The number of aryl methyl sites for hydroxylation is 1. The Bertz CT molecular complexity index is 863. The van der Waals surface area contributed by atoms with Gasteiger partial charge in [0, 0.05) is 22.8 Å². The van der Waals surface area contributed by atoms with Gasteiger partial charge in [-0.2, -0.15) is 5.10 Å². The number of rotatable bonds is 4. The largest absolute Gasteiger partial charge is 0.479 e. The highest BCUT2D eigenvalue weighted by molar-refractivity contribution is 6.30. The number of hydrogen-bond donors (Lipinski definition) is 1. The lowest BCUT2D eigenvalue weighted by Gasteiger charge is -2.35. The number of carbonyl (C=O) groups is 2. The molecule has 0 spiro atoms. The lowest BCUT2D eigenvalue weighted by molar-refractivity contribution is -0.166. The maximum atomic E-state index is 12.8. The first-order valence-corrected chi connectivity index (χ1v) is 9.11. The molecule has 1 aliphatic heterocycles. The first-order valence-electron chi connectivity index (χ1n) is 8.73. The van der Waals surface area contributed by atoms with Crippen LogP contribution in [0.3, 0.4) is 0 Å². The van der Waals surface area contributed by atoms with E-state index in [0.29, 0.717) is 11.6 Å². The van der Waals surface area contributed by atoms with Gasteiger partial charge in [-0.15, -0.1) is 0 Å². The molecule has 1 aliphatic rings. The molecule has 2 heterocycles. The summed E-state index contributed by atoms with van der Waals surface area (Å²) in [5.74, 6) is -1.18. The number of halogens is 1. The molecule has 8 heteroatoms. The third kappa shape index (κ3) is 4.14. The third-order valence-electron chi connectivity index (χ3n) is 4.73. The molecule has 1 N–H and O–H groups in total. The molecule has 1 saturated heterocycles. The van der Waals surface area contributed by atoms with Crippen LogP contribution in [0.4, 0.5) is 0 Å². The van der Waals surface area contributed by atoms with Gasteiger partial charge in [-0.1, -0.05) is 11.6 Å². The van der Waals surface area contributed by atoms with Crippen molar-refractivity contribution in [2.45, 2.75) is 39.4 Å². The van der Waals surface area contributed by atoms with Crippen molar-refractivity contribution in [3.8, 4) is 5.69 Å². The molecule has 1 aromatic carbocycles. The van der Waals surface area contributed by atoms with Crippen molar-refractivity contribution in [1.29, 1.82) is 0 Å². The highest BCUT2D eigenvalue weighted by atomic mass is 35.5. The van der Waals surface area contributed by atoms with Crippen molar-refractivity contribution in [2.75, 3.05) is 13.1 Å². The minimum atomic E-state index is -1.05. The summed E-state index contributed by atoms with van der Waals surface area (Å²) in [7, 11) is 0. The van der Waals surface area contributed by atoms with Crippen molar-refractivity contribution in [3.63, 3.8) is 0 Å². The molecule has 27 heavy (non-hydrogen) atoms. The summed E-state index contributed by atoms with van der Waals surface area (Å²) < 4.78 is 7.16. The second-order valence-electron chi connectivity index (χ2n) is 6.79. The predicted octanol–water partition coefficient (Wildman–Crippen LogP) is 2.39. The number of amides is 1. The average molecular weight is 392 g/mol. The van der Waals surface area contributed by atoms with Crippen LogP contribution < -0.4 is 0 Å². The van der Waals surface area contributed by atoms with E-state index in [0.717, 1.165) is 22.6 Å². The monoisotopic (exact) mass is 391 g/mol. The van der Waals surface area contributed by atoms with Crippen LogP contribution in [0, 0.1) is 13.8 Å². The maximum Gasteiger partial charge on any atom is 0.334 e. The van der Waals surface area contributed by atoms with E-state index in [1.807, 2.05) is 26.0 Å². The summed E-state index contributed by atoms with van der Waals surface area (Å²) in [4.78, 5) is 25.6. The van der Waals surface area contributed by atoms with Crippen LogP contribution in [0.15, 0.2) is 24.3 Å². The lowest BCUT2D eigenvalue weighted by atomic mass is 10.1. The molecule has 2 atom stereocenters. The standard InChI is InChI=1S/C19H22ClN3O4/c1-11-9-22(10-17(27-11)19(25)26)18(24)8-16-12(2)21-23(13(16)3)15-6-4-14(20)5-7-15/h4-7,11,17H,8-10H2,1-3H3,(H,25,26)/t11-,17?/m1/s1. The molecular formula is C19H22ClN3O4. The van der Waals surface area contributed by atoms with Crippen molar-refractivity contribution >= 4 is 23.5 Å². The Morgan fingerprint density at radius 1 is 1.26 bits per heavy atom. The molecule has 0 bridgehead atoms. The Labute approximate surface area is 162 Å². The number of nitrogens with zero attached hydrogens (tertiary/aromatic N) is 3. The van der Waals surface area contributed by atoms with Gasteiger partial charge in [-0.3, -0.25) is 4.79 Å². The molecule has 0 radical (unpaired) electrons. The van der Waals surface area contributed by atoms with Gasteiger partial charge in [-0.25, -0.2) is 9.48 Å². The second-order valence-corrected chi connectivity index (χ2v) is 7.22. The van der Waals surface area contributed by atoms with Gasteiger partial charge < -0.3 is 14.7 Å². The van der Waals surface area contributed by atoms with Gasteiger partial charge in [0.1, 0.15) is 0 Å². The van der Waals surface area contributed by atoms with Crippen LogP contribution in [0.1, 0.15) is 23.9 Å². The fourth-order valence-electron chi connectivity index (χ4n) is 3.32. The summed E-state index contributed by atoms with van der Waals surface area (Å²) in [5.41, 5.74) is 3.36. The number of carboxylic acids is 1. The first kappa shape index (κ1) is 19.4. The molecule has 0 aliphatic carbocycles. The fraction of sp³-hybridized carbons (Fsp3) is 0.421. The van der Waals surface area contributed by atoms with Gasteiger partial charge in [0.05, 0.1) is 30.5 Å². The lowest BCUT2D eigenvalue weighted by Crippen LogP contribution is -2.52. The van der Waals surface area contributed by atoms with Crippen LogP contribution in [-0.4, -0.2) is 57.0 Å². The molecule has 144 valence electrons. The minimum Gasteiger partial charge on any atom is -0.479 e. The molecule has 7 nitrogen and oxygen atoms in total. The van der Waals surface area contributed by atoms with E-state index in [2.05, 4.69) is 5.10 Å². The number of ether oxygens (including phenoxy) is 1. The van der Waals surface area contributed by atoms with E-state index in [1.54, 1.807) is 28.6 Å². The molecule has 1 unspecified atom stereocenters. The number of carbonyl (C=O) groups excluding carboxylic acids is 1. The fourth-order valence-corrected chi connectivity index (χ4v) is 3.45. The summed E-state index contributed by atoms with van der Waals surface area (Å²) in [6.07, 6.45) is -1.14. The van der Waals surface area contributed by atoms with Gasteiger partial charge in [-0.05, 0) is 45.0 Å². The van der Waals surface area contributed by atoms with E-state index in [1.165, 1.54) is 0 Å². The maximum absolute atomic E-state index is 12.8. The van der Waals surface area contributed by atoms with Gasteiger partial charge in [0.15, 0.2) is 6.10 Å².